The van der Waals surface area contributed by atoms with Crippen LogP contribution >= 0.6 is 11.3 Å². The van der Waals surface area contributed by atoms with E-state index in [1.54, 1.807) is 38.9 Å². The van der Waals surface area contributed by atoms with E-state index in [4.69, 9.17) is 18.9 Å². The molecule has 1 aromatic heterocycles. The highest BCUT2D eigenvalue weighted by molar-refractivity contribution is 7.22. The van der Waals surface area contributed by atoms with Crippen LogP contribution in [0.5, 0.6) is 17.2 Å². The number of hydrogen-bond donors (Lipinski definition) is 0. The van der Waals surface area contributed by atoms with Gasteiger partial charge in [0.15, 0.2) is 16.6 Å². The Balaban J connectivity index is 1.56. The SMILES string of the molecule is COc1cc(COC2=NC=C[CH]N2c2nc3ccccc3s2)cc(OC)c1OC. The third-order valence-electron chi connectivity index (χ3n) is 4.29. The van der Waals surface area contributed by atoms with Crippen molar-refractivity contribution < 1.29 is 18.9 Å². The summed E-state index contributed by atoms with van der Waals surface area (Å²) >= 11 is 1.58. The fourth-order valence-electron chi connectivity index (χ4n) is 2.94. The smallest absolute Gasteiger partial charge is 0.299 e. The molecule has 0 N–H and O–H groups in total. The Morgan fingerprint density at radius 1 is 1.00 bits per heavy atom. The van der Waals surface area contributed by atoms with E-state index in [2.05, 4.69) is 9.98 Å². The molecule has 0 aliphatic carbocycles. The van der Waals surface area contributed by atoms with Gasteiger partial charge in [-0.2, -0.15) is 0 Å². The fraction of sp³-hybridized carbons (Fsp3) is 0.190. The molecule has 2 heterocycles. The van der Waals surface area contributed by atoms with Crippen LogP contribution in [0.15, 0.2) is 53.7 Å². The quantitative estimate of drug-likeness (QED) is 0.601. The number of amidine groups is 1. The molecule has 0 atom stereocenters. The van der Waals surface area contributed by atoms with Gasteiger partial charge in [0, 0.05) is 6.20 Å². The van der Waals surface area contributed by atoms with E-state index < -0.39 is 0 Å². The third-order valence-corrected chi connectivity index (χ3v) is 5.33. The molecule has 1 aliphatic heterocycles. The Morgan fingerprint density at radius 2 is 1.76 bits per heavy atom. The van der Waals surface area contributed by atoms with Crippen molar-refractivity contribution in [1.82, 2.24) is 4.98 Å². The van der Waals surface area contributed by atoms with Crippen LogP contribution < -0.4 is 19.1 Å². The van der Waals surface area contributed by atoms with E-state index in [0.717, 1.165) is 20.9 Å². The number of para-hydroxylation sites is 1. The Kier molecular flexibility index (Phi) is 5.53. The van der Waals surface area contributed by atoms with Crippen molar-refractivity contribution in [3.8, 4) is 17.2 Å². The molecule has 0 bridgehead atoms. The first-order valence-electron chi connectivity index (χ1n) is 8.87. The van der Waals surface area contributed by atoms with E-state index in [1.807, 2.05) is 53.9 Å². The number of anilines is 1. The second-order valence-electron chi connectivity index (χ2n) is 6.06. The van der Waals surface area contributed by atoms with Gasteiger partial charge in [-0.05, 0) is 35.9 Å². The third kappa shape index (κ3) is 3.84. The van der Waals surface area contributed by atoms with Gasteiger partial charge in [0.25, 0.3) is 6.02 Å². The predicted octanol–water partition coefficient (Wildman–Crippen LogP) is 4.39. The number of aromatic nitrogens is 1. The molecule has 2 aromatic carbocycles. The van der Waals surface area contributed by atoms with Crippen LogP contribution in [-0.2, 0) is 11.3 Å². The zero-order valence-corrected chi connectivity index (χ0v) is 17.1. The van der Waals surface area contributed by atoms with Gasteiger partial charge in [0.05, 0.1) is 38.1 Å². The lowest BCUT2D eigenvalue weighted by Crippen LogP contribution is -2.31. The maximum absolute atomic E-state index is 6.01. The summed E-state index contributed by atoms with van der Waals surface area (Å²) in [7, 11) is 4.74. The van der Waals surface area contributed by atoms with Crippen LogP contribution in [0.4, 0.5) is 5.13 Å². The summed E-state index contributed by atoms with van der Waals surface area (Å²) < 4.78 is 23.3. The number of fused-ring (bicyclic) bond motifs is 1. The lowest BCUT2D eigenvalue weighted by atomic mass is 10.2. The minimum atomic E-state index is 0.276. The fourth-order valence-corrected chi connectivity index (χ4v) is 3.88. The molecule has 0 amide bonds. The number of ether oxygens (including phenoxy) is 4. The number of methoxy groups -OCH3 is 3. The summed E-state index contributed by atoms with van der Waals surface area (Å²) in [4.78, 5) is 10.9. The van der Waals surface area contributed by atoms with Gasteiger partial charge < -0.3 is 18.9 Å². The second-order valence-corrected chi connectivity index (χ2v) is 7.07. The molecule has 3 aromatic rings. The van der Waals surface area contributed by atoms with Crippen molar-refractivity contribution in [2.24, 2.45) is 4.99 Å². The first-order chi connectivity index (χ1) is 14.2. The van der Waals surface area contributed by atoms with Crippen molar-refractivity contribution >= 4 is 32.7 Å². The average Bonchev–Trinajstić information content (AvgIpc) is 3.21. The molecule has 0 spiro atoms. The Morgan fingerprint density at radius 3 is 2.45 bits per heavy atom. The largest absolute Gasteiger partial charge is 0.493 e. The summed E-state index contributed by atoms with van der Waals surface area (Å²) in [6.45, 7) is 2.16. The molecule has 8 heteroatoms. The number of thiazole rings is 1. The van der Waals surface area contributed by atoms with Crippen LogP contribution in [0.2, 0.25) is 0 Å². The van der Waals surface area contributed by atoms with Crippen molar-refractivity contribution in [2.75, 3.05) is 26.2 Å². The van der Waals surface area contributed by atoms with Gasteiger partial charge in [-0.25, -0.2) is 9.98 Å². The number of rotatable bonds is 6. The molecule has 0 saturated carbocycles. The zero-order valence-electron chi connectivity index (χ0n) is 16.3. The van der Waals surface area contributed by atoms with Crippen molar-refractivity contribution in [3.05, 3.63) is 60.8 Å². The van der Waals surface area contributed by atoms with E-state index in [-0.39, 0.29) is 6.61 Å². The van der Waals surface area contributed by atoms with Crippen LogP contribution in [0.3, 0.4) is 0 Å². The Labute approximate surface area is 172 Å². The van der Waals surface area contributed by atoms with Gasteiger partial charge in [-0.3, -0.25) is 4.90 Å². The normalized spacial score (nSPS) is 13.3. The maximum Gasteiger partial charge on any atom is 0.299 e. The second kappa shape index (κ2) is 8.40. The van der Waals surface area contributed by atoms with Gasteiger partial charge in [-0.15, -0.1) is 0 Å². The van der Waals surface area contributed by atoms with E-state index in [1.165, 1.54) is 0 Å². The summed E-state index contributed by atoms with van der Waals surface area (Å²) in [5, 5.41) is 0.791. The summed E-state index contributed by atoms with van der Waals surface area (Å²) in [6, 6.07) is 12.2. The lowest BCUT2D eigenvalue weighted by molar-refractivity contribution is 0.281. The number of benzene rings is 2. The molecule has 4 rings (SSSR count). The van der Waals surface area contributed by atoms with E-state index in [0.29, 0.717) is 23.3 Å². The Bertz CT molecular complexity index is 1020. The minimum absolute atomic E-state index is 0.276. The summed E-state index contributed by atoms with van der Waals surface area (Å²) in [5.74, 6) is 1.69. The van der Waals surface area contributed by atoms with Crippen LogP contribution in [0, 0.1) is 6.54 Å². The van der Waals surface area contributed by atoms with Crippen molar-refractivity contribution in [1.29, 1.82) is 0 Å². The monoisotopic (exact) mass is 410 g/mol. The maximum atomic E-state index is 6.01. The zero-order chi connectivity index (χ0) is 20.2. The van der Waals surface area contributed by atoms with E-state index in [9.17, 15) is 0 Å². The molecule has 0 unspecified atom stereocenters. The highest BCUT2D eigenvalue weighted by Gasteiger charge is 2.21. The highest BCUT2D eigenvalue weighted by Crippen LogP contribution is 2.38. The van der Waals surface area contributed by atoms with Gasteiger partial charge in [0.1, 0.15) is 6.61 Å². The minimum Gasteiger partial charge on any atom is -0.493 e. The van der Waals surface area contributed by atoms with Crippen molar-refractivity contribution in [3.63, 3.8) is 0 Å². The van der Waals surface area contributed by atoms with Crippen molar-refractivity contribution in [2.45, 2.75) is 6.61 Å². The lowest BCUT2D eigenvalue weighted by Gasteiger charge is -2.23. The highest BCUT2D eigenvalue weighted by atomic mass is 32.1. The first-order valence-corrected chi connectivity index (χ1v) is 9.69. The molecule has 1 radical (unpaired) electrons. The molecular weight excluding hydrogens is 390 g/mol. The molecular formula is C21H20N3O4S. The Hall–Kier alpha value is -3.26. The summed E-state index contributed by atoms with van der Waals surface area (Å²) in [6.07, 6.45) is 3.53. The molecule has 7 nitrogen and oxygen atoms in total. The number of nitrogens with zero attached hydrogens (tertiary/aromatic N) is 3. The standard InChI is InChI=1S/C21H20N3O4S/c1-25-16-11-14(12-17(26-2)19(16)27-3)13-28-20-22-9-6-10-24(20)21-23-15-7-4-5-8-18(15)29-21/h4-12H,13H2,1-3H3. The molecule has 0 saturated heterocycles. The number of hydrogen-bond acceptors (Lipinski definition) is 8. The predicted molar refractivity (Wildman–Crippen MR) is 114 cm³/mol. The molecule has 1 aliphatic rings. The van der Waals surface area contributed by atoms with E-state index >= 15 is 0 Å². The van der Waals surface area contributed by atoms with Crippen LogP contribution in [0.25, 0.3) is 10.2 Å². The topological polar surface area (TPSA) is 65.4 Å². The van der Waals surface area contributed by atoms with Crippen LogP contribution in [-0.4, -0.2) is 32.3 Å². The van der Waals surface area contributed by atoms with Gasteiger partial charge in [0.2, 0.25) is 5.75 Å². The molecule has 0 fully saturated rings. The summed E-state index contributed by atoms with van der Waals surface area (Å²) in [5.41, 5.74) is 1.81. The van der Waals surface area contributed by atoms with Gasteiger partial charge >= 0.3 is 0 Å². The number of aliphatic imine (C=N–C) groups is 1. The van der Waals surface area contributed by atoms with Crippen LogP contribution in [0.1, 0.15) is 5.56 Å². The average molecular weight is 410 g/mol. The molecule has 29 heavy (non-hydrogen) atoms. The molecule has 149 valence electrons. The van der Waals surface area contributed by atoms with Gasteiger partial charge in [-0.1, -0.05) is 23.5 Å². The first kappa shape index (κ1) is 19.1.